The van der Waals surface area contributed by atoms with E-state index in [1.807, 2.05) is 23.1 Å². The summed E-state index contributed by atoms with van der Waals surface area (Å²) >= 11 is 0. The molecular weight excluding hydrogens is 344 g/mol. The Bertz CT molecular complexity index is 739. The molecule has 0 radical (unpaired) electrons. The minimum Gasteiger partial charge on any atom is -0.472 e. The number of likely N-dealkylation sites (tertiary alicyclic amines) is 1. The first kappa shape index (κ1) is 18.3. The van der Waals surface area contributed by atoms with Gasteiger partial charge in [-0.15, -0.1) is 0 Å². The zero-order valence-electron chi connectivity index (χ0n) is 16.3. The number of fused-ring (bicyclic) bond motifs is 1. The van der Waals surface area contributed by atoms with Crippen molar-refractivity contribution in [2.45, 2.75) is 44.9 Å². The van der Waals surface area contributed by atoms with Crippen LogP contribution in [0.2, 0.25) is 0 Å². The van der Waals surface area contributed by atoms with E-state index in [1.165, 1.54) is 0 Å². The molecule has 0 saturated carbocycles. The van der Waals surface area contributed by atoms with Crippen LogP contribution in [0, 0.1) is 17.8 Å². The van der Waals surface area contributed by atoms with Crippen LogP contribution in [-0.4, -0.2) is 53.5 Å². The first-order valence-electron chi connectivity index (χ1n) is 9.91. The van der Waals surface area contributed by atoms with Crippen molar-refractivity contribution < 1.29 is 18.7 Å². The van der Waals surface area contributed by atoms with Gasteiger partial charge in [0.15, 0.2) is 0 Å². The lowest BCUT2D eigenvalue weighted by molar-refractivity contribution is -0.142. The third-order valence-corrected chi connectivity index (χ3v) is 6.47. The van der Waals surface area contributed by atoms with E-state index in [0.717, 1.165) is 24.9 Å². The number of furan rings is 1. The molecule has 4 rings (SSSR count). The summed E-state index contributed by atoms with van der Waals surface area (Å²) in [5.41, 5.74) is 0.318. The molecule has 1 spiro atoms. The summed E-state index contributed by atoms with van der Waals surface area (Å²) in [7, 11) is 1.78. The van der Waals surface area contributed by atoms with Crippen molar-refractivity contribution in [3.05, 3.63) is 36.3 Å². The Labute approximate surface area is 160 Å². The van der Waals surface area contributed by atoms with Crippen LogP contribution in [0.4, 0.5) is 0 Å². The fraction of sp³-hybridized carbons (Fsp3) is 0.619. The summed E-state index contributed by atoms with van der Waals surface area (Å²) < 4.78 is 11.3. The van der Waals surface area contributed by atoms with Crippen LogP contribution in [0.25, 0.3) is 0 Å². The van der Waals surface area contributed by atoms with Crippen molar-refractivity contribution in [2.75, 3.05) is 20.1 Å². The van der Waals surface area contributed by atoms with Crippen LogP contribution in [0.3, 0.4) is 0 Å². The van der Waals surface area contributed by atoms with Crippen LogP contribution in [0.1, 0.15) is 32.3 Å². The Morgan fingerprint density at radius 3 is 2.85 bits per heavy atom. The van der Waals surface area contributed by atoms with Crippen molar-refractivity contribution in [3.63, 3.8) is 0 Å². The van der Waals surface area contributed by atoms with Gasteiger partial charge in [0.2, 0.25) is 11.8 Å². The Morgan fingerprint density at radius 1 is 1.41 bits per heavy atom. The average molecular weight is 372 g/mol. The summed E-state index contributed by atoms with van der Waals surface area (Å²) in [4.78, 5) is 30.0. The standard InChI is InChI=1S/C21H28N2O4/c1-4-14(5-2)11-23-13-21-8-6-16(27-21)17(18(21)20(23)25)19(24)22(3)10-15-7-9-26-12-15/h6-9,12,14,16-18H,4-5,10-11,13H2,1-3H3/t16-,17-,18+,21-/m0/s1. The van der Waals surface area contributed by atoms with Gasteiger partial charge in [0.1, 0.15) is 5.60 Å². The highest BCUT2D eigenvalue weighted by Crippen LogP contribution is 2.52. The van der Waals surface area contributed by atoms with Gasteiger partial charge >= 0.3 is 0 Å². The minimum absolute atomic E-state index is 0.0323. The maximum atomic E-state index is 13.2. The van der Waals surface area contributed by atoms with E-state index in [9.17, 15) is 9.59 Å². The Kier molecular flexibility index (Phi) is 4.62. The van der Waals surface area contributed by atoms with Gasteiger partial charge in [-0.25, -0.2) is 0 Å². The average Bonchev–Trinajstić information content (AvgIpc) is 3.42. The number of nitrogens with zero attached hydrogens (tertiary/aromatic N) is 2. The SMILES string of the molecule is CCC(CC)CN1C[C@]23C=C[C@H](O2)[C@H](C(=O)N(C)Cc2ccoc2)[C@@H]3C1=O. The topological polar surface area (TPSA) is 63.0 Å². The normalized spacial score (nSPS) is 31.2. The van der Waals surface area contributed by atoms with Gasteiger partial charge in [-0.05, 0) is 12.0 Å². The van der Waals surface area contributed by atoms with Crippen molar-refractivity contribution in [1.82, 2.24) is 9.80 Å². The van der Waals surface area contributed by atoms with Crippen molar-refractivity contribution in [3.8, 4) is 0 Å². The molecule has 3 aliphatic rings. The third-order valence-electron chi connectivity index (χ3n) is 6.47. The van der Waals surface area contributed by atoms with E-state index in [1.54, 1.807) is 24.5 Å². The number of amides is 2. The van der Waals surface area contributed by atoms with Gasteiger partial charge in [0.05, 0.1) is 37.0 Å². The Hall–Kier alpha value is -2.08. The zero-order chi connectivity index (χ0) is 19.2. The highest BCUT2D eigenvalue weighted by atomic mass is 16.5. The molecule has 0 N–H and O–H groups in total. The molecule has 2 bridgehead atoms. The molecular formula is C21H28N2O4. The van der Waals surface area contributed by atoms with E-state index in [0.29, 0.717) is 19.0 Å². The number of carbonyl (C=O) groups is 2. The molecule has 4 atom stereocenters. The quantitative estimate of drug-likeness (QED) is 0.690. The highest BCUT2D eigenvalue weighted by molar-refractivity contribution is 5.93. The number of hydrogen-bond donors (Lipinski definition) is 0. The monoisotopic (exact) mass is 372 g/mol. The summed E-state index contributed by atoms with van der Waals surface area (Å²) in [5, 5.41) is 0. The molecule has 1 aromatic rings. The van der Waals surface area contributed by atoms with Crippen LogP contribution in [0.15, 0.2) is 35.2 Å². The van der Waals surface area contributed by atoms with E-state index >= 15 is 0 Å². The second kappa shape index (κ2) is 6.82. The second-order valence-electron chi connectivity index (χ2n) is 8.13. The molecule has 0 aliphatic carbocycles. The van der Waals surface area contributed by atoms with Crippen LogP contribution in [-0.2, 0) is 20.9 Å². The van der Waals surface area contributed by atoms with Gasteiger partial charge in [-0.1, -0.05) is 38.8 Å². The molecule has 6 heteroatoms. The highest BCUT2D eigenvalue weighted by Gasteiger charge is 2.67. The van der Waals surface area contributed by atoms with Crippen LogP contribution < -0.4 is 0 Å². The molecule has 0 aromatic carbocycles. The van der Waals surface area contributed by atoms with E-state index < -0.39 is 17.4 Å². The van der Waals surface area contributed by atoms with E-state index in [4.69, 9.17) is 9.15 Å². The Balaban J connectivity index is 1.53. The first-order chi connectivity index (χ1) is 13.0. The second-order valence-corrected chi connectivity index (χ2v) is 8.13. The molecule has 0 unspecified atom stereocenters. The fourth-order valence-corrected chi connectivity index (χ4v) is 4.86. The molecule has 4 heterocycles. The number of hydrogen-bond acceptors (Lipinski definition) is 4. The molecule has 3 aliphatic heterocycles. The minimum atomic E-state index is -0.620. The van der Waals surface area contributed by atoms with Gasteiger partial charge < -0.3 is 19.0 Å². The largest absolute Gasteiger partial charge is 0.472 e. The maximum absolute atomic E-state index is 13.2. The predicted molar refractivity (Wildman–Crippen MR) is 99.6 cm³/mol. The molecule has 1 aromatic heterocycles. The molecule has 6 nitrogen and oxygen atoms in total. The van der Waals surface area contributed by atoms with Gasteiger partial charge in [0, 0.05) is 25.7 Å². The third kappa shape index (κ3) is 2.90. The summed E-state index contributed by atoms with van der Waals surface area (Å²) in [6.07, 6.45) is 9.03. The molecule has 2 fully saturated rings. The van der Waals surface area contributed by atoms with Gasteiger partial charge in [-0.3, -0.25) is 9.59 Å². The van der Waals surface area contributed by atoms with E-state index in [-0.39, 0.29) is 17.9 Å². The smallest absolute Gasteiger partial charge is 0.230 e. The number of ether oxygens (including phenoxy) is 1. The Morgan fingerprint density at radius 2 is 2.19 bits per heavy atom. The zero-order valence-corrected chi connectivity index (χ0v) is 16.3. The van der Waals surface area contributed by atoms with E-state index in [2.05, 4.69) is 13.8 Å². The summed E-state index contributed by atoms with van der Waals surface area (Å²) in [6.45, 7) is 6.10. The first-order valence-corrected chi connectivity index (χ1v) is 9.91. The molecule has 2 saturated heterocycles. The lowest BCUT2D eigenvalue weighted by atomic mass is 9.76. The van der Waals surface area contributed by atoms with Crippen molar-refractivity contribution in [1.29, 1.82) is 0 Å². The molecule has 2 amide bonds. The van der Waals surface area contributed by atoms with Gasteiger partial charge in [0.25, 0.3) is 0 Å². The molecule has 146 valence electrons. The van der Waals surface area contributed by atoms with Crippen molar-refractivity contribution >= 4 is 11.8 Å². The lowest BCUT2D eigenvalue weighted by Gasteiger charge is -2.28. The van der Waals surface area contributed by atoms with Crippen LogP contribution >= 0.6 is 0 Å². The predicted octanol–water partition coefficient (Wildman–Crippen LogP) is 2.46. The lowest BCUT2D eigenvalue weighted by Crippen LogP contribution is -2.44. The number of carbonyl (C=O) groups excluding carboxylic acids is 2. The van der Waals surface area contributed by atoms with Gasteiger partial charge in [-0.2, -0.15) is 0 Å². The van der Waals surface area contributed by atoms with Crippen molar-refractivity contribution in [2.24, 2.45) is 17.8 Å². The summed E-state index contributed by atoms with van der Waals surface area (Å²) in [6, 6.07) is 1.85. The molecule has 27 heavy (non-hydrogen) atoms. The summed E-state index contributed by atoms with van der Waals surface area (Å²) in [5.74, 6) is -0.311. The maximum Gasteiger partial charge on any atom is 0.230 e. The fourth-order valence-electron chi connectivity index (χ4n) is 4.86. The van der Waals surface area contributed by atoms with Crippen LogP contribution in [0.5, 0.6) is 0 Å². The number of rotatable bonds is 7.